The quantitative estimate of drug-likeness (QED) is 0.607. The summed E-state index contributed by atoms with van der Waals surface area (Å²) in [6.45, 7) is 6.48. The zero-order chi connectivity index (χ0) is 12.8. The van der Waals surface area contributed by atoms with E-state index >= 15 is 0 Å². The molecule has 1 aromatic rings. The van der Waals surface area contributed by atoms with E-state index in [0.717, 1.165) is 30.6 Å². The van der Waals surface area contributed by atoms with Crippen LogP contribution in [0, 0.1) is 5.82 Å². The van der Waals surface area contributed by atoms with Crippen molar-refractivity contribution in [1.29, 1.82) is 0 Å². The van der Waals surface area contributed by atoms with E-state index in [0.29, 0.717) is 0 Å². The van der Waals surface area contributed by atoms with Crippen LogP contribution in [0.25, 0.3) is 0 Å². The van der Waals surface area contributed by atoms with Gasteiger partial charge in [-0.25, -0.2) is 4.39 Å². The van der Waals surface area contributed by atoms with Gasteiger partial charge < -0.3 is 10.6 Å². The highest BCUT2D eigenvalue weighted by Crippen LogP contribution is 2.25. The van der Waals surface area contributed by atoms with Gasteiger partial charge in [-0.3, -0.25) is 0 Å². The monoisotopic (exact) mass is 236 g/mol. The second-order valence-electron chi connectivity index (χ2n) is 4.34. The molecule has 1 aromatic carbocycles. The van der Waals surface area contributed by atoms with Crippen molar-refractivity contribution < 1.29 is 4.39 Å². The van der Waals surface area contributed by atoms with Crippen LogP contribution in [0.2, 0.25) is 0 Å². The Morgan fingerprint density at radius 2 is 2.24 bits per heavy atom. The predicted molar refractivity (Wildman–Crippen MR) is 71.7 cm³/mol. The van der Waals surface area contributed by atoms with Crippen LogP contribution in [0.4, 0.5) is 10.1 Å². The van der Waals surface area contributed by atoms with Crippen molar-refractivity contribution in [3.63, 3.8) is 0 Å². The van der Waals surface area contributed by atoms with Crippen molar-refractivity contribution in [2.45, 2.75) is 25.8 Å². The van der Waals surface area contributed by atoms with Crippen LogP contribution >= 0.6 is 0 Å². The molecule has 17 heavy (non-hydrogen) atoms. The molecule has 0 heterocycles. The number of benzene rings is 1. The molecule has 1 atom stereocenters. The standard InChI is InChI=1S/C14H21FN2/c1-4-5-6-9-17(3)14-8-7-12(15)10-13(14)11(2)16/h4,7-8,10-11H,1,5-6,9,16H2,2-3H3. The maximum absolute atomic E-state index is 13.2. The van der Waals surface area contributed by atoms with E-state index in [2.05, 4.69) is 11.5 Å². The molecule has 2 nitrogen and oxygen atoms in total. The summed E-state index contributed by atoms with van der Waals surface area (Å²) < 4.78 is 13.2. The minimum atomic E-state index is -0.236. The number of hydrogen-bond donors (Lipinski definition) is 1. The van der Waals surface area contributed by atoms with Crippen molar-refractivity contribution in [1.82, 2.24) is 0 Å². The lowest BCUT2D eigenvalue weighted by molar-refractivity contribution is 0.621. The molecule has 3 heteroatoms. The van der Waals surface area contributed by atoms with Crippen molar-refractivity contribution in [2.75, 3.05) is 18.5 Å². The van der Waals surface area contributed by atoms with E-state index in [1.54, 1.807) is 6.07 Å². The van der Waals surface area contributed by atoms with Crippen LogP contribution in [0.15, 0.2) is 30.9 Å². The summed E-state index contributed by atoms with van der Waals surface area (Å²) in [6, 6.07) is 4.62. The fraction of sp³-hybridized carbons (Fsp3) is 0.429. The fourth-order valence-corrected chi connectivity index (χ4v) is 1.83. The highest BCUT2D eigenvalue weighted by atomic mass is 19.1. The van der Waals surface area contributed by atoms with E-state index in [1.807, 2.05) is 20.0 Å². The first-order chi connectivity index (χ1) is 8.06. The van der Waals surface area contributed by atoms with Crippen LogP contribution in [0.1, 0.15) is 31.4 Å². The van der Waals surface area contributed by atoms with Gasteiger partial charge in [-0.1, -0.05) is 6.08 Å². The maximum Gasteiger partial charge on any atom is 0.123 e. The van der Waals surface area contributed by atoms with E-state index in [4.69, 9.17) is 5.73 Å². The first kappa shape index (κ1) is 13.7. The molecule has 0 aromatic heterocycles. The predicted octanol–water partition coefficient (Wildman–Crippen LogP) is 3.25. The number of anilines is 1. The molecule has 0 aliphatic heterocycles. The van der Waals surface area contributed by atoms with E-state index in [9.17, 15) is 4.39 Å². The number of hydrogen-bond acceptors (Lipinski definition) is 2. The minimum absolute atomic E-state index is 0.164. The third-order valence-corrected chi connectivity index (χ3v) is 2.79. The first-order valence-electron chi connectivity index (χ1n) is 5.93. The summed E-state index contributed by atoms with van der Waals surface area (Å²) in [7, 11) is 2.00. The molecule has 1 unspecified atom stereocenters. The number of unbranched alkanes of at least 4 members (excludes halogenated alkanes) is 1. The molecular weight excluding hydrogens is 215 g/mol. The van der Waals surface area contributed by atoms with Gasteiger partial charge in [-0.15, -0.1) is 6.58 Å². The first-order valence-corrected chi connectivity index (χ1v) is 5.93. The molecule has 0 radical (unpaired) electrons. The highest BCUT2D eigenvalue weighted by molar-refractivity contribution is 5.54. The highest BCUT2D eigenvalue weighted by Gasteiger charge is 2.11. The zero-order valence-electron chi connectivity index (χ0n) is 10.6. The summed E-state index contributed by atoms with van der Waals surface area (Å²) in [5.41, 5.74) is 7.72. The Kier molecular flexibility index (Phi) is 5.16. The summed E-state index contributed by atoms with van der Waals surface area (Å²) >= 11 is 0. The third-order valence-electron chi connectivity index (χ3n) is 2.79. The number of nitrogens with zero attached hydrogens (tertiary/aromatic N) is 1. The topological polar surface area (TPSA) is 29.3 Å². The Hall–Kier alpha value is -1.35. The van der Waals surface area contributed by atoms with Gasteiger partial charge in [-0.05, 0) is 43.5 Å². The van der Waals surface area contributed by atoms with Gasteiger partial charge in [0.1, 0.15) is 5.82 Å². The molecule has 2 N–H and O–H groups in total. The van der Waals surface area contributed by atoms with Crippen LogP contribution in [-0.4, -0.2) is 13.6 Å². The van der Waals surface area contributed by atoms with E-state index in [1.165, 1.54) is 12.1 Å². The molecule has 94 valence electrons. The fourth-order valence-electron chi connectivity index (χ4n) is 1.83. The molecule has 0 saturated heterocycles. The number of allylic oxidation sites excluding steroid dienone is 1. The van der Waals surface area contributed by atoms with Crippen LogP contribution in [0.5, 0.6) is 0 Å². The SMILES string of the molecule is C=CCCCN(C)c1ccc(F)cc1C(C)N. The number of rotatable bonds is 6. The van der Waals surface area contributed by atoms with Crippen molar-refractivity contribution in [2.24, 2.45) is 5.73 Å². The molecule has 0 aliphatic rings. The van der Waals surface area contributed by atoms with Crippen molar-refractivity contribution in [3.05, 3.63) is 42.2 Å². The lowest BCUT2D eigenvalue weighted by Crippen LogP contribution is -2.21. The number of nitrogens with two attached hydrogens (primary N) is 1. The van der Waals surface area contributed by atoms with Gasteiger partial charge in [0.2, 0.25) is 0 Å². The summed E-state index contributed by atoms with van der Waals surface area (Å²) in [5.74, 6) is -0.236. The molecule has 0 saturated carbocycles. The Morgan fingerprint density at radius 1 is 1.53 bits per heavy atom. The molecule has 0 spiro atoms. The lowest BCUT2D eigenvalue weighted by Gasteiger charge is -2.23. The Morgan fingerprint density at radius 3 is 2.82 bits per heavy atom. The molecular formula is C14H21FN2. The lowest BCUT2D eigenvalue weighted by atomic mass is 10.1. The smallest absolute Gasteiger partial charge is 0.123 e. The largest absolute Gasteiger partial charge is 0.374 e. The van der Waals surface area contributed by atoms with Crippen LogP contribution < -0.4 is 10.6 Å². The van der Waals surface area contributed by atoms with Gasteiger partial charge in [-0.2, -0.15) is 0 Å². The van der Waals surface area contributed by atoms with Crippen LogP contribution in [0.3, 0.4) is 0 Å². The third kappa shape index (κ3) is 3.86. The second kappa shape index (κ2) is 6.40. The van der Waals surface area contributed by atoms with E-state index < -0.39 is 0 Å². The second-order valence-corrected chi connectivity index (χ2v) is 4.34. The van der Waals surface area contributed by atoms with Gasteiger partial charge in [0.15, 0.2) is 0 Å². The zero-order valence-corrected chi connectivity index (χ0v) is 10.6. The van der Waals surface area contributed by atoms with Gasteiger partial charge in [0.25, 0.3) is 0 Å². The van der Waals surface area contributed by atoms with Crippen molar-refractivity contribution in [3.8, 4) is 0 Å². The summed E-state index contributed by atoms with van der Waals surface area (Å²) in [6.07, 6.45) is 3.93. The van der Waals surface area contributed by atoms with Gasteiger partial charge in [0.05, 0.1) is 0 Å². The number of halogens is 1. The summed E-state index contributed by atoms with van der Waals surface area (Å²) in [4.78, 5) is 2.11. The minimum Gasteiger partial charge on any atom is -0.374 e. The average molecular weight is 236 g/mol. The van der Waals surface area contributed by atoms with Crippen LogP contribution in [-0.2, 0) is 0 Å². The van der Waals surface area contributed by atoms with Gasteiger partial charge in [0, 0.05) is 25.3 Å². The Labute approximate surface area is 103 Å². The molecule has 0 fully saturated rings. The normalized spacial score (nSPS) is 12.2. The Balaban J connectivity index is 2.84. The van der Waals surface area contributed by atoms with E-state index in [-0.39, 0.29) is 11.9 Å². The molecule has 0 amide bonds. The molecule has 0 aliphatic carbocycles. The Bertz CT molecular complexity index is 374. The molecule has 1 rings (SSSR count). The average Bonchev–Trinajstić information content (AvgIpc) is 2.29. The van der Waals surface area contributed by atoms with Crippen molar-refractivity contribution >= 4 is 5.69 Å². The van der Waals surface area contributed by atoms with Gasteiger partial charge >= 0.3 is 0 Å². The molecule has 0 bridgehead atoms. The maximum atomic E-state index is 13.2. The summed E-state index contributed by atoms with van der Waals surface area (Å²) in [5, 5.41) is 0.